The summed E-state index contributed by atoms with van der Waals surface area (Å²) >= 11 is 0. The molecule has 7 heteroatoms. The van der Waals surface area contributed by atoms with E-state index in [9.17, 15) is 18.0 Å². The molecule has 106 valence electrons. The van der Waals surface area contributed by atoms with Gasteiger partial charge in [-0.25, -0.2) is 4.79 Å². The van der Waals surface area contributed by atoms with E-state index in [1.165, 1.54) is 11.0 Å². The molecule has 1 aliphatic rings. The zero-order valence-corrected chi connectivity index (χ0v) is 10.7. The Hall–Kier alpha value is -1.43. The number of hydrogen-bond donors (Lipinski definition) is 1. The molecule has 1 heterocycles. The van der Waals surface area contributed by atoms with Crippen molar-refractivity contribution in [2.24, 2.45) is 0 Å². The molecule has 0 aromatic heterocycles. The molecule has 0 spiro atoms. The van der Waals surface area contributed by atoms with Crippen molar-refractivity contribution < 1.29 is 23.1 Å². The van der Waals surface area contributed by atoms with Gasteiger partial charge in [-0.2, -0.15) is 13.2 Å². The van der Waals surface area contributed by atoms with Crippen molar-refractivity contribution in [3.63, 3.8) is 0 Å². The molecule has 0 atom stereocenters. The van der Waals surface area contributed by atoms with E-state index in [2.05, 4.69) is 0 Å². The zero-order chi connectivity index (χ0) is 13.3. The fraction of sp³-hybridized carbons (Fsp3) is 0.417. The maximum atomic E-state index is 12.9. The molecule has 0 saturated carbocycles. The van der Waals surface area contributed by atoms with E-state index in [-0.39, 0.29) is 23.7 Å². The molecule has 1 saturated heterocycles. The molecule has 0 radical (unpaired) electrons. The van der Waals surface area contributed by atoms with E-state index in [0.29, 0.717) is 13.1 Å². The molecule has 1 N–H and O–H groups in total. The number of benzene rings is 1. The zero-order valence-electron chi connectivity index (χ0n) is 9.91. The molecule has 0 aliphatic carbocycles. The van der Waals surface area contributed by atoms with Gasteiger partial charge >= 0.3 is 12.1 Å². The summed E-state index contributed by atoms with van der Waals surface area (Å²) in [4.78, 5) is 12.6. The molecule has 1 aromatic carbocycles. The number of alkyl halides is 3. The van der Waals surface area contributed by atoms with Crippen molar-refractivity contribution in [3.8, 4) is 0 Å². The van der Waals surface area contributed by atoms with Gasteiger partial charge in [0.2, 0.25) is 0 Å². The summed E-state index contributed by atoms with van der Waals surface area (Å²) in [6.45, 7) is 0.931. The summed E-state index contributed by atoms with van der Waals surface area (Å²) in [6, 6.07) is 3.27. The molecule has 2 rings (SSSR count). The van der Waals surface area contributed by atoms with Gasteiger partial charge in [-0.15, -0.1) is 12.4 Å². The predicted molar refractivity (Wildman–Crippen MR) is 67.1 cm³/mol. The summed E-state index contributed by atoms with van der Waals surface area (Å²) in [7, 11) is 0. The van der Waals surface area contributed by atoms with E-state index in [4.69, 9.17) is 5.11 Å². The first-order valence-corrected chi connectivity index (χ1v) is 5.59. The Balaban J connectivity index is 0.00000180. The normalized spacial score (nSPS) is 15.2. The highest BCUT2D eigenvalue weighted by Crippen LogP contribution is 2.39. The Morgan fingerprint density at radius 2 is 1.79 bits per heavy atom. The molecular formula is C12H13ClF3NO2. The van der Waals surface area contributed by atoms with Gasteiger partial charge in [-0.3, -0.25) is 0 Å². The summed E-state index contributed by atoms with van der Waals surface area (Å²) in [5.74, 6) is -1.33. The third-order valence-corrected chi connectivity index (χ3v) is 2.99. The van der Waals surface area contributed by atoms with Crippen LogP contribution < -0.4 is 4.90 Å². The standard InChI is InChI=1S/C12H12F3NO2.ClH/c13-12(14,15)9-5-3-4-8(11(17)18)10(9)16-6-1-2-7-16;/h3-5H,1-2,6-7H2,(H,17,18);1H. The number of aromatic carboxylic acids is 1. The Bertz CT molecular complexity index is 471. The molecule has 1 fully saturated rings. The van der Waals surface area contributed by atoms with Gasteiger partial charge < -0.3 is 10.0 Å². The monoisotopic (exact) mass is 295 g/mol. The molecule has 0 bridgehead atoms. The first-order valence-electron chi connectivity index (χ1n) is 5.59. The summed E-state index contributed by atoms with van der Waals surface area (Å²) < 4.78 is 38.8. The number of rotatable bonds is 2. The lowest BCUT2D eigenvalue weighted by atomic mass is 10.1. The first kappa shape index (κ1) is 15.6. The number of carbonyl (C=O) groups is 1. The van der Waals surface area contributed by atoms with Gasteiger partial charge in [0.25, 0.3) is 0 Å². The number of carboxylic acids is 1. The predicted octanol–water partition coefficient (Wildman–Crippen LogP) is 3.43. The van der Waals surface area contributed by atoms with Gasteiger partial charge in [0.1, 0.15) is 0 Å². The number of halogens is 4. The van der Waals surface area contributed by atoms with Crippen LogP contribution in [0.4, 0.5) is 18.9 Å². The molecule has 0 unspecified atom stereocenters. The Morgan fingerprint density at radius 3 is 2.26 bits per heavy atom. The van der Waals surface area contributed by atoms with Crippen LogP contribution in [-0.4, -0.2) is 24.2 Å². The smallest absolute Gasteiger partial charge is 0.418 e. The summed E-state index contributed by atoms with van der Waals surface area (Å²) in [6.07, 6.45) is -2.97. The van der Waals surface area contributed by atoms with Crippen molar-refractivity contribution in [3.05, 3.63) is 29.3 Å². The highest BCUT2D eigenvalue weighted by Gasteiger charge is 2.37. The maximum Gasteiger partial charge on any atom is 0.418 e. The quantitative estimate of drug-likeness (QED) is 0.909. The molecule has 0 amide bonds. The van der Waals surface area contributed by atoms with E-state index in [0.717, 1.165) is 25.0 Å². The van der Waals surface area contributed by atoms with Crippen LogP contribution in [0.1, 0.15) is 28.8 Å². The van der Waals surface area contributed by atoms with Crippen molar-refractivity contribution in [2.45, 2.75) is 19.0 Å². The minimum absolute atomic E-state index is 0. The van der Waals surface area contributed by atoms with Gasteiger partial charge in [0, 0.05) is 13.1 Å². The second kappa shape index (κ2) is 5.69. The minimum Gasteiger partial charge on any atom is -0.478 e. The molecule has 3 nitrogen and oxygen atoms in total. The van der Waals surface area contributed by atoms with Crippen LogP contribution >= 0.6 is 12.4 Å². The van der Waals surface area contributed by atoms with Gasteiger partial charge in [-0.05, 0) is 25.0 Å². The van der Waals surface area contributed by atoms with Crippen molar-refractivity contribution in [2.75, 3.05) is 18.0 Å². The summed E-state index contributed by atoms with van der Waals surface area (Å²) in [5.41, 5.74) is -1.36. The molecule has 1 aromatic rings. The highest BCUT2D eigenvalue weighted by molar-refractivity contribution is 5.95. The maximum absolute atomic E-state index is 12.9. The minimum atomic E-state index is -4.54. The van der Waals surface area contributed by atoms with Gasteiger partial charge in [0.15, 0.2) is 0 Å². The van der Waals surface area contributed by atoms with Crippen LogP contribution in [0.3, 0.4) is 0 Å². The third-order valence-electron chi connectivity index (χ3n) is 2.99. The average molecular weight is 296 g/mol. The number of carboxylic acid groups (broad SMARTS) is 1. The largest absolute Gasteiger partial charge is 0.478 e. The molecule has 1 aliphatic heterocycles. The second-order valence-electron chi connectivity index (χ2n) is 4.20. The Labute approximate surface area is 114 Å². The third kappa shape index (κ3) is 3.12. The molecular weight excluding hydrogens is 283 g/mol. The van der Waals surface area contributed by atoms with E-state index >= 15 is 0 Å². The second-order valence-corrected chi connectivity index (χ2v) is 4.20. The van der Waals surface area contributed by atoms with Crippen molar-refractivity contribution in [1.82, 2.24) is 0 Å². The average Bonchev–Trinajstić information content (AvgIpc) is 2.79. The highest BCUT2D eigenvalue weighted by atomic mass is 35.5. The van der Waals surface area contributed by atoms with E-state index < -0.39 is 17.7 Å². The summed E-state index contributed by atoms with van der Waals surface area (Å²) in [5, 5.41) is 9.02. The SMILES string of the molecule is Cl.O=C(O)c1cccc(C(F)(F)F)c1N1CCCC1. The fourth-order valence-corrected chi connectivity index (χ4v) is 2.23. The Morgan fingerprint density at radius 1 is 1.21 bits per heavy atom. The lowest BCUT2D eigenvalue weighted by molar-refractivity contribution is -0.137. The number of para-hydroxylation sites is 1. The first-order chi connectivity index (χ1) is 8.41. The van der Waals surface area contributed by atoms with Crippen LogP contribution in [0.25, 0.3) is 0 Å². The van der Waals surface area contributed by atoms with Gasteiger partial charge in [0.05, 0.1) is 16.8 Å². The number of nitrogens with zero attached hydrogens (tertiary/aromatic N) is 1. The lowest BCUT2D eigenvalue weighted by Crippen LogP contribution is -2.24. The van der Waals surface area contributed by atoms with Gasteiger partial charge in [-0.1, -0.05) is 6.07 Å². The van der Waals surface area contributed by atoms with Crippen molar-refractivity contribution >= 4 is 24.1 Å². The number of anilines is 1. The lowest BCUT2D eigenvalue weighted by Gasteiger charge is -2.24. The van der Waals surface area contributed by atoms with E-state index in [1.807, 2.05) is 0 Å². The van der Waals surface area contributed by atoms with Crippen LogP contribution in [0.5, 0.6) is 0 Å². The van der Waals surface area contributed by atoms with Crippen LogP contribution in [0.2, 0.25) is 0 Å². The fourth-order valence-electron chi connectivity index (χ4n) is 2.23. The van der Waals surface area contributed by atoms with Crippen molar-refractivity contribution in [1.29, 1.82) is 0 Å². The van der Waals surface area contributed by atoms with E-state index in [1.54, 1.807) is 0 Å². The van der Waals surface area contributed by atoms with Crippen LogP contribution in [-0.2, 0) is 6.18 Å². The topological polar surface area (TPSA) is 40.5 Å². The number of hydrogen-bond acceptors (Lipinski definition) is 2. The van der Waals surface area contributed by atoms with Crippen LogP contribution in [0.15, 0.2) is 18.2 Å². The molecule has 19 heavy (non-hydrogen) atoms. The Kier molecular flexibility index (Phi) is 4.68. The van der Waals surface area contributed by atoms with Crippen LogP contribution in [0, 0.1) is 0 Å².